The largest absolute Gasteiger partial charge is 0.493 e. The fourth-order valence-electron chi connectivity index (χ4n) is 3.65. The number of hydrogen-bond acceptors (Lipinski definition) is 5. The van der Waals surface area contributed by atoms with Crippen LogP contribution in [0, 0.1) is 0 Å². The van der Waals surface area contributed by atoms with Crippen molar-refractivity contribution >= 4 is 34.8 Å². The van der Waals surface area contributed by atoms with Gasteiger partial charge in [0.05, 0.1) is 32.0 Å². The molecule has 0 aliphatic carbocycles. The molecule has 1 heterocycles. The van der Waals surface area contributed by atoms with Gasteiger partial charge in [0.25, 0.3) is 5.91 Å². The van der Waals surface area contributed by atoms with Crippen LogP contribution in [0.3, 0.4) is 0 Å². The number of para-hydroxylation sites is 2. The number of hydrogen-bond donors (Lipinski definition) is 2. The molecular weight excluding hydrogens is 422 g/mol. The van der Waals surface area contributed by atoms with Crippen molar-refractivity contribution < 1.29 is 23.9 Å². The number of carbonyl (C=O) groups excluding carboxylic acids is 3. The molecule has 1 aliphatic rings. The number of anilines is 3. The Bertz CT molecular complexity index is 1210. The van der Waals surface area contributed by atoms with Gasteiger partial charge in [-0.2, -0.15) is 0 Å². The van der Waals surface area contributed by atoms with Crippen molar-refractivity contribution in [1.82, 2.24) is 0 Å². The van der Waals surface area contributed by atoms with E-state index in [2.05, 4.69) is 10.6 Å². The van der Waals surface area contributed by atoms with Crippen molar-refractivity contribution in [1.29, 1.82) is 0 Å². The van der Waals surface area contributed by atoms with Crippen LogP contribution in [0.25, 0.3) is 0 Å². The summed E-state index contributed by atoms with van der Waals surface area (Å²) in [7, 11) is 3.09. The van der Waals surface area contributed by atoms with E-state index < -0.39 is 0 Å². The Kier molecular flexibility index (Phi) is 6.26. The molecule has 2 N–H and O–H groups in total. The van der Waals surface area contributed by atoms with Crippen LogP contribution in [0.2, 0.25) is 0 Å². The molecular formula is C25H23N3O5. The van der Waals surface area contributed by atoms with Crippen LogP contribution in [0.15, 0.2) is 66.7 Å². The van der Waals surface area contributed by atoms with E-state index in [1.54, 1.807) is 74.9 Å². The molecule has 3 aromatic carbocycles. The van der Waals surface area contributed by atoms with Crippen molar-refractivity contribution in [3.63, 3.8) is 0 Å². The van der Waals surface area contributed by atoms with Crippen molar-refractivity contribution in [2.45, 2.75) is 6.42 Å². The molecule has 168 valence electrons. The van der Waals surface area contributed by atoms with E-state index in [4.69, 9.17) is 9.47 Å². The molecule has 0 saturated heterocycles. The minimum absolute atomic E-state index is 0.0559. The van der Waals surface area contributed by atoms with Gasteiger partial charge in [-0.05, 0) is 54.1 Å². The number of ether oxygens (including phenoxy) is 2. The van der Waals surface area contributed by atoms with Crippen molar-refractivity contribution in [3.05, 3.63) is 77.9 Å². The van der Waals surface area contributed by atoms with E-state index >= 15 is 0 Å². The highest BCUT2D eigenvalue weighted by atomic mass is 16.5. The monoisotopic (exact) mass is 445 g/mol. The van der Waals surface area contributed by atoms with Crippen LogP contribution in [0.5, 0.6) is 11.5 Å². The minimum atomic E-state index is -0.291. The first kappa shape index (κ1) is 21.9. The van der Waals surface area contributed by atoms with Gasteiger partial charge in [-0.1, -0.05) is 18.2 Å². The number of amides is 3. The summed E-state index contributed by atoms with van der Waals surface area (Å²) in [6.07, 6.45) is 0.153. The van der Waals surface area contributed by atoms with Crippen molar-refractivity contribution in [2.24, 2.45) is 0 Å². The lowest BCUT2D eigenvalue weighted by Gasteiger charge is -2.29. The molecule has 4 rings (SSSR count). The quantitative estimate of drug-likeness (QED) is 0.606. The first-order valence-electron chi connectivity index (χ1n) is 10.3. The van der Waals surface area contributed by atoms with Crippen LogP contribution in [-0.4, -0.2) is 38.5 Å². The summed E-state index contributed by atoms with van der Waals surface area (Å²) < 4.78 is 10.5. The van der Waals surface area contributed by atoms with Gasteiger partial charge in [0.2, 0.25) is 11.8 Å². The molecule has 0 saturated carbocycles. The molecule has 0 atom stereocenters. The number of fused-ring (bicyclic) bond motifs is 1. The molecule has 1 aliphatic heterocycles. The highest BCUT2D eigenvalue weighted by molar-refractivity contribution is 6.15. The molecule has 0 fully saturated rings. The van der Waals surface area contributed by atoms with E-state index in [0.29, 0.717) is 34.1 Å². The first-order chi connectivity index (χ1) is 16.0. The van der Waals surface area contributed by atoms with E-state index in [-0.39, 0.29) is 30.7 Å². The van der Waals surface area contributed by atoms with Crippen molar-refractivity contribution in [2.75, 3.05) is 36.3 Å². The van der Waals surface area contributed by atoms with Gasteiger partial charge >= 0.3 is 0 Å². The predicted molar refractivity (Wildman–Crippen MR) is 125 cm³/mol. The van der Waals surface area contributed by atoms with E-state index in [0.717, 1.165) is 5.56 Å². The van der Waals surface area contributed by atoms with Gasteiger partial charge in [0.1, 0.15) is 6.54 Å². The normalized spacial score (nSPS) is 12.4. The maximum atomic E-state index is 13.0. The van der Waals surface area contributed by atoms with E-state index in [1.165, 1.54) is 4.90 Å². The Morgan fingerprint density at radius 2 is 1.70 bits per heavy atom. The van der Waals surface area contributed by atoms with Crippen LogP contribution in [-0.2, 0) is 16.0 Å². The topological polar surface area (TPSA) is 97.0 Å². The summed E-state index contributed by atoms with van der Waals surface area (Å²) in [6, 6.07) is 19.0. The SMILES string of the molecule is COc1ccc(CC(=O)Nc2ccc(C(=O)N3CC(=O)Nc4ccccc43)cc2)cc1OC. The Labute approximate surface area is 191 Å². The maximum absolute atomic E-state index is 13.0. The zero-order chi connectivity index (χ0) is 23.4. The van der Waals surface area contributed by atoms with E-state index in [1.807, 2.05) is 6.07 Å². The third-order valence-corrected chi connectivity index (χ3v) is 5.24. The van der Waals surface area contributed by atoms with Gasteiger partial charge in [-0.3, -0.25) is 19.3 Å². The Morgan fingerprint density at radius 3 is 2.42 bits per heavy atom. The summed E-state index contributed by atoms with van der Waals surface area (Å²) in [5, 5.41) is 5.59. The Hall–Kier alpha value is -4.33. The highest BCUT2D eigenvalue weighted by Crippen LogP contribution is 2.30. The zero-order valence-electron chi connectivity index (χ0n) is 18.3. The van der Waals surface area contributed by atoms with Gasteiger partial charge in [-0.15, -0.1) is 0 Å². The molecule has 0 radical (unpaired) electrons. The lowest BCUT2D eigenvalue weighted by Crippen LogP contribution is -2.42. The van der Waals surface area contributed by atoms with Gasteiger partial charge in [0, 0.05) is 11.3 Å². The lowest BCUT2D eigenvalue weighted by atomic mass is 10.1. The minimum Gasteiger partial charge on any atom is -0.493 e. The van der Waals surface area contributed by atoms with Crippen molar-refractivity contribution in [3.8, 4) is 11.5 Å². The summed E-state index contributed by atoms with van der Waals surface area (Å²) in [4.78, 5) is 39.0. The standard InChI is InChI=1S/C25H23N3O5/c1-32-21-12-7-16(13-22(21)33-2)14-23(29)26-18-10-8-17(9-11-18)25(31)28-15-24(30)27-19-5-3-4-6-20(19)28/h3-13H,14-15H2,1-2H3,(H,26,29)(H,27,30). The lowest BCUT2D eigenvalue weighted by molar-refractivity contribution is -0.116. The third kappa shape index (κ3) is 4.79. The zero-order valence-corrected chi connectivity index (χ0v) is 18.3. The summed E-state index contributed by atoms with van der Waals surface area (Å²) in [6.45, 7) is -0.0559. The highest BCUT2D eigenvalue weighted by Gasteiger charge is 2.27. The molecule has 3 amide bonds. The molecule has 3 aromatic rings. The van der Waals surface area contributed by atoms with Crippen LogP contribution in [0.4, 0.5) is 17.1 Å². The number of carbonyl (C=O) groups is 3. The average Bonchev–Trinajstić information content (AvgIpc) is 2.83. The molecule has 0 aromatic heterocycles. The smallest absolute Gasteiger partial charge is 0.258 e. The molecule has 0 bridgehead atoms. The average molecular weight is 445 g/mol. The van der Waals surface area contributed by atoms with E-state index in [9.17, 15) is 14.4 Å². The number of methoxy groups -OCH3 is 2. The van der Waals surface area contributed by atoms with Gasteiger partial charge in [-0.25, -0.2) is 0 Å². The fourth-order valence-corrected chi connectivity index (χ4v) is 3.65. The fraction of sp³-hybridized carbons (Fsp3) is 0.160. The maximum Gasteiger partial charge on any atom is 0.258 e. The Morgan fingerprint density at radius 1 is 0.970 bits per heavy atom. The van der Waals surface area contributed by atoms with Crippen LogP contribution < -0.4 is 25.0 Å². The number of nitrogens with one attached hydrogen (secondary N) is 2. The molecule has 0 unspecified atom stereocenters. The number of nitrogens with zero attached hydrogens (tertiary/aromatic N) is 1. The number of rotatable bonds is 6. The second kappa shape index (κ2) is 9.44. The second-order valence-corrected chi connectivity index (χ2v) is 7.45. The van der Waals surface area contributed by atoms with Gasteiger partial charge in [0.15, 0.2) is 11.5 Å². The summed E-state index contributed by atoms with van der Waals surface area (Å²) in [5.41, 5.74) is 3.00. The number of benzene rings is 3. The predicted octanol–water partition coefficient (Wildman–Crippen LogP) is 3.48. The summed E-state index contributed by atoms with van der Waals surface area (Å²) in [5.74, 6) is 0.402. The van der Waals surface area contributed by atoms with Gasteiger partial charge < -0.3 is 20.1 Å². The first-order valence-corrected chi connectivity index (χ1v) is 10.3. The molecule has 33 heavy (non-hydrogen) atoms. The molecule has 8 nitrogen and oxygen atoms in total. The Balaban J connectivity index is 1.43. The molecule has 8 heteroatoms. The second-order valence-electron chi connectivity index (χ2n) is 7.45. The summed E-state index contributed by atoms with van der Waals surface area (Å²) >= 11 is 0. The third-order valence-electron chi connectivity index (χ3n) is 5.24. The van der Waals surface area contributed by atoms with Crippen LogP contribution in [0.1, 0.15) is 15.9 Å². The van der Waals surface area contributed by atoms with Crippen LogP contribution >= 0.6 is 0 Å². The molecule has 0 spiro atoms.